The summed E-state index contributed by atoms with van der Waals surface area (Å²) < 4.78 is 0. The quantitative estimate of drug-likeness (QED) is 0.895. The van der Waals surface area contributed by atoms with Crippen LogP contribution in [0.2, 0.25) is 0 Å². The third-order valence-electron chi connectivity index (χ3n) is 3.72. The van der Waals surface area contributed by atoms with E-state index in [4.69, 9.17) is 0 Å². The zero-order valence-electron chi connectivity index (χ0n) is 12.0. The highest BCUT2D eigenvalue weighted by Crippen LogP contribution is 2.33. The molecule has 20 heavy (non-hydrogen) atoms. The van der Waals surface area contributed by atoms with Gasteiger partial charge in [-0.25, -0.2) is 0 Å². The largest absolute Gasteiger partial charge is 0.481 e. The van der Waals surface area contributed by atoms with Crippen molar-refractivity contribution in [2.75, 3.05) is 32.1 Å². The molecule has 6 heteroatoms. The van der Waals surface area contributed by atoms with Gasteiger partial charge in [0.15, 0.2) is 0 Å². The Bertz CT molecular complexity index is 544. The molecule has 1 aromatic rings. The summed E-state index contributed by atoms with van der Waals surface area (Å²) in [4.78, 5) is 30.7. The average molecular weight is 277 g/mol. The number of rotatable bonds is 3. The van der Waals surface area contributed by atoms with E-state index in [0.29, 0.717) is 25.2 Å². The molecule has 0 spiro atoms. The number of anilines is 1. The van der Waals surface area contributed by atoms with E-state index in [9.17, 15) is 14.7 Å². The Balaban J connectivity index is 2.21. The topological polar surface area (TPSA) is 73.7 Å². The van der Waals surface area contributed by atoms with Crippen LogP contribution in [-0.2, 0) is 4.79 Å². The minimum absolute atomic E-state index is 0.160. The summed E-state index contributed by atoms with van der Waals surface area (Å²) in [7, 11) is 3.35. The number of hydrogen-bond acceptors (Lipinski definition) is 4. The van der Waals surface area contributed by atoms with Gasteiger partial charge in [-0.05, 0) is 25.5 Å². The molecule has 1 unspecified atom stereocenters. The number of aliphatic carboxylic acids is 1. The van der Waals surface area contributed by atoms with Crippen LogP contribution in [0.5, 0.6) is 0 Å². The summed E-state index contributed by atoms with van der Waals surface area (Å²) in [6.07, 6.45) is 2.18. The number of nitrogens with zero attached hydrogens (tertiary/aromatic N) is 3. The smallest absolute Gasteiger partial charge is 0.311 e. The first-order chi connectivity index (χ1) is 9.33. The molecule has 0 bridgehead atoms. The first-order valence-electron chi connectivity index (χ1n) is 6.49. The van der Waals surface area contributed by atoms with Crippen LogP contribution in [0.1, 0.15) is 23.8 Å². The molecule has 1 aromatic heterocycles. The second kappa shape index (κ2) is 5.11. The predicted molar refractivity (Wildman–Crippen MR) is 74.8 cm³/mol. The van der Waals surface area contributed by atoms with Crippen molar-refractivity contribution < 1.29 is 14.7 Å². The Morgan fingerprint density at radius 2 is 2.15 bits per heavy atom. The Hall–Kier alpha value is -2.11. The molecule has 1 N–H and O–H groups in total. The maximum Gasteiger partial charge on any atom is 0.311 e. The molecule has 108 valence electrons. The molecule has 6 nitrogen and oxygen atoms in total. The Morgan fingerprint density at radius 3 is 2.70 bits per heavy atom. The second-order valence-electron chi connectivity index (χ2n) is 5.64. The maximum absolute atomic E-state index is 11.9. The van der Waals surface area contributed by atoms with Gasteiger partial charge in [-0.3, -0.25) is 14.6 Å². The molecule has 0 aliphatic carbocycles. The van der Waals surface area contributed by atoms with Crippen LogP contribution in [-0.4, -0.2) is 54.1 Å². The highest BCUT2D eigenvalue weighted by atomic mass is 16.4. The lowest BCUT2D eigenvalue weighted by Crippen LogP contribution is -2.31. The van der Waals surface area contributed by atoms with Crippen molar-refractivity contribution in [3.05, 3.63) is 24.0 Å². The van der Waals surface area contributed by atoms with Gasteiger partial charge in [-0.2, -0.15) is 0 Å². The standard InChI is InChI=1S/C14H19N3O3/c1-14(13(19)20)5-7-17(9-14)10-4-6-15-11(8-10)12(18)16(2)3/h4,6,8H,5,7,9H2,1-3H3,(H,19,20). The van der Waals surface area contributed by atoms with Gasteiger partial charge >= 0.3 is 5.97 Å². The fraction of sp³-hybridized carbons (Fsp3) is 0.500. The van der Waals surface area contributed by atoms with Gasteiger partial charge in [0.05, 0.1) is 5.41 Å². The lowest BCUT2D eigenvalue weighted by Gasteiger charge is -2.22. The lowest BCUT2D eigenvalue weighted by atomic mass is 9.90. The first-order valence-corrected chi connectivity index (χ1v) is 6.49. The molecule has 1 aliphatic rings. The van der Waals surface area contributed by atoms with Crippen molar-refractivity contribution in [3.63, 3.8) is 0 Å². The van der Waals surface area contributed by atoms with Gasteiger partial charge in [0.1, 0.15) is 5.69 Å². The fourth-order valence-electron chi connectivity index (χ4n) is 2.32. The van der Waals surface area contributed by atoms with Gasteiger partial charge in [0.25, 0.3) is 5.91 Å². The van der Waals surface area contributed by atoms with Gasteiger partial charge in [-0.15, -0.1) is 0 Å². The van der Waals surface area contributed by atoms with Crippen LogP contribution in [0.3, 0.4) is 0 Å². The van der Waals surface area contributed by atoms with Crippen molar-refractivity contribution in [3.8, 4) is 0 Å². The van der Waals surface area contributed by atoms with Gasteiger partial charge in [0, 0.05) is 39.1 Å². The summed E-state index contributed by atoms with van der Waals surface area (Å²) in [5, 5.41) is 9.25. The zero-order valence-corrected chi connectivity index (χ0v) is 12.0. The number of carboxylic acids is 1. The van der Waals surface area contributed by atoms with Crippen molar-refractivity contribution in [1.29, 1.82) is 0 Å². The van der Waals surface area contributed by atoms with Gasteiger partial charge in [0.2, 0.25) is 0 Å². The summed E-state index contributed by atoms with van der Waals surface area (Å²) >= 11 is 0. The number of carbonyl (C=O) groups is 2. The third kappa shape index (κ3) is 2.59. The lowest BCUT2D eigenvalue weighted by molar-refractivity contribution is -0.146. The molecule has 0 radical (unpaired) electrons. The van der Waals surface area contributed by atoms with E-state index in [1.807, 2.05) is 4.90 Å². The number of aromatic nitrogens is 1. The molecule has 2 heterocycles. The average Bonchev–Trinajstić information content (AvgIpc) is 2.82. The van der Waals surface area contributed by atoms with Crippen molar-refractivity contribution >= 4 is 17.6 Å². The minimum Gasteiger partial charge on any atom is -0.481 e. The Labute approximate surface area is 118 Å². The van der Waals surface area contributed by atoms with Crippen molar-refractivity contribution in [1.82, 2.24) is 9.88 Å². The molecule has 1 saturated heterocycles. The van der Waals surface area contributed by atoms with Gasteiger partial charge < -0.3 is 14.9 Å². The van der Waals surface area contributed by atoms with Crippen LogP contribution in [0.25, 0.3) is 0 Å². The normalized spacial score (nSPS) is 21.9. The van der Waals surface area contributed by atoms with E-state index >= 15 is 0 Å². The first kappa shape index (κ1) is 14.3. The van der Waals surface area contributed by atoms with E-state index in [1.165, 1.54) is 4.90 Å². The minimum atomic E-state index is -0.779. The summed E-state index contributed by atoms with van der Waals surface area (Å²) in [6, 6.07) is 3.52. The van der Waals surface area contributed by atoms with E-state index in [-0.39, 0.29) is 5.91 Å². The third-order valence-corrected chi connectivity index (χ3v) is 3.72. The molecule has 2 rings (SSSR count). The fourth-order valence-corrected chi connectivity index (χ4v) is 2.32. The zero-order chi connectivity index (χ0) is 14.9. The summed E-state index contributed by atoms with van der Waals surface area (Å²) in [6.45, 7) is 2.87. The van der Waals surface area contributed by atoms with Crippen LogP contribution in [0, 0.1) is 5.41 Å². The molecular formula is C14H19N3O3. The highest BCUT2D eigenvalue weighted by molar-refractivity contribution is 5.92. The summed E-state index contributed by atoms with van der Waals surface area (Å²) in [5.74, 6) is -0.939. The molecular weight excluding hydrogens is 258 g/mol. The number of carbonyl (C=O) groups excluding carboxylic acids is 1. The predicted octanol–water partition coefficient (Wildman–Crippen LogP) is 1.08. The molecule has 1 fully saturated rings. The van der Waals surface area contributed by atoms with Crippen molar-refractivity contribution in [2.45, 2.75) is 13.3 Å². The van der Waals surface area contributed by atoms with Crippen LogP contribution >= 0.6 is 0 Å². The van der Waals surface area contributed by atoms with E-state index in [2.05, 4.69) is 4.98 Å². The Morgan fingerprint density at radius 1 is 1.45 bits per heavy atom. The number of carboxylic acid groups (broad SMARTS) is 1. The SMILES string of the molecule is CN(C)C(=O)c1cc(N2CCC(C)(C(=O)O)C2)ccn1. The van der Waals surface area contributed by atoms with Crippen LogP contribution in [0.4, 0.5) is 5.69 Å². The van der Waals surface area contributed by atoms with Crippen LogP contribution < -0.4 is 4.90 Å². The van der Waals surface area contributed by atoms with E-state index in [1.54, 1.807) is 39.3 Å². The summed E-state index contributed by atoms with van der Waals surface area (Å²) in [5.41, 5.74) is 0.487. The van der Waals surface area contributed by atoms with E-state index in [0.717, 1.165) is 5.69 Å². The molecule has 0 aromatic carbocycles. The van der Waals surface area contributed by atoms with Gasteiger partial charge in [-0.1, -0.05) is 0 Å². The molecule has 1 atom stereocenters. The van der Waals surface area contributed by atoms with Crippen LogP contribution in [0.15, 0.2) is 18.3 Å². The molecule has 0 saturated carbocycles. The highest BCUT2D eigenvalue weighted by Gasteiger charge is 2.40. The van der Waals surface area contributed by atoms with E-state index < -0.39 is 11.4 Å². The Kier molecular flexibility index (Phi) is 3.65. The number of pyridine rings is 1. The maximum atomic E-state index is 11.9. The molecule has 1 amide bonds. The number of hydrogen-bond donors (Lipinski definition) is 1. The second-order valence-corrected chi connectivity index (χ2v) is 5.64. The van der Waals surface area contributed by atoms with Crippen molar-refractivity contribution in [2.24, 2.45) is 5.41 Å². The molecule has 1 aliphatic heterocycles. The monoisotopic (exact) mass is 277 g/mol. The number of amides is 1.